The molecule has 3 heterocycles. The number of carbonyl (C=O) groups excluding carboxylic acids is 1. The van der Waals surface area contributed by atoms with Gasteiger partial charge >= 0.3 is 5.97 Å². The van der Waals surface area contributed by atoms with Gasteiger partial charge < -0.3 is 10.1 Å². The van der Waals surface area contributed by atoms with Crippen LogP contribution in [0, 0.1) is 30.5 Å². The number of pyridine rings is 1. The van der Waals surface area contributed by atoms with Crippen LogP contribution in [0.2, 0.25) is 0 Å². The van der Waals surface area contributed by atoms with E-state index in [0.29, 0.717) is 28.5 Å². The van der Waals surface area contributed by atoms with Gasteiger partial charge in [-0.1, -0.05) is 17.7 Å². The molecule has 224 valence electrons. The number of esters is 1. The number of nitrogens with zero attached hydrogens (tertiary/aromatic N) is 4. The van der Waals surface area contributed by atoms with Crippen LogP contribution in [0.15, 0.2) is 47.6 Å². The third-order valence-corrected chi connectivity index (χ3v) is 11.2. The van der Waals surface area contributed by atoms with E-state index in [-0.39, 0.29) is 34.4 Å². The Morgan fingerprint density at radius 3 is 2.51 bits per heavy atom. The van der Waals surface area contributed by atoms with Crippen LogP contribution in [-0.2, 0) is 32.4 Å². The average Bonchev–Trinajstić information content (AvgIpc) is 3.41. The van der Waals surface area contributed by atoms with E-state index in [1.54, 1.807) is 24.3 Å². The number of carbonyl (C=O) groups is 1. The van der Waals surface area contributed by atoms with E-state index in [9.17, 15) is 17.6 Å². The molecule has 0 amide bonds. The molecule has 11 heteroatoms. The van der Waals surface area contributed by atoms with Gasteiger partial charge in [-0.3, -0.25) is 4.79 Å². The number of methoxy groups -OCH3 is 1. The lowest BCUT2D eigenvalue weighted by Gasteiger charge is -2.47. The Labute approximate surface area is 250 Å². The van der Waals surface area contributed by atoms with Crippen LogP contribution < -0.4 is 5.32 Å². The highest BCUT2D eigenvalue weighted by atomic mass is 32.2. The first-order chi connectivity index (χ1) is 20.7. The van der Waals surface area contributed by atoms with Crippen LogP contribution in [0.5, 0.6) is 0 Å². The second-order valence-corrected chi connectivity index (χ2v) is 13.9. The number of ether oxygens (including phenoxy) is 1. The van der Waals surface area contributed by atoms with Crippen molar-refractivity contribution in [1.29, 1.82) is 0 Å². The number of benzene rings is 1. The Bertz CT molecular complexity index is 1830. The van der Waals surface area contributed by atoms with Gasteiger partial charge in [0.2, 0.25) is 0 Å². The minimum absolute atomic E-state index is 0.0996. The molecule has 9 nitrogen and oxygen atoms in total. The predicted octanol–water partition coefficient (Wildman–Crippen LogP) is 5.45. The zero-order valence-corrected chi connectivity index (χ0v) is 25.0. The van der Waals surface area contributed by atoms with Crippen molar-refractivity contribution in [3.63, 3.8) is 0 Å². The van der Waals surface area contributed by atoms with Gasteiger partial charge in [-0.25, -0.2) is 31.7 Å². The molecule has 4 aliphatic rings. The molecule has 43 heavy (non-hydrogen) atoms. The van der Waals surface area contributed by atoms with E-state index < -0.39 is 15.8 Å². The van der Waals surface area contributed by atoms with Crippen molar-refractivity contribution in [1.82, 2.24) is 18.9 Å². The third kappa shape index (κ3) is 4.77. The first-order valence-corrected chi connectivity index (χ1v) is 16.4. The number of rotatable bonds is 6. The number of aromatic nitrogens is 4. The highest BCUT2D eigenvalue weighted by Gasteiger charge is 2.48. The highest BCUT2D eigenvalue weighted by molar-refractivity contribution is 7.90. The number of nitrogens with one attached hydrogen (secondary N) is 1. The maximum atomic E-state index is 14.6. The summed E-state index contributed by atoms with van der Waals surface area (Å²) in [5.74, 6) is 0.523. The lowest BCUT2D eigenvalue weighted by atomic mass is 9.61. The van der Waals surface area contributed by atoms with Gasteiger partial charge in [-0.2, -0.15) is 0 Å². The van der Waals surface area contributed by atoms with Gasteiger partial charge in [0.1, 0.15) is 11.6 Å². The number of anilines is 1. The fourth-order valence-electron chi connectivity index (χ4n) is 7.36. The maximum absolute atomic E-state index is 14.6. The number of aryl methyl sites for hydroxylation is 2. The Hall–Kier alpha value is -3.86. The Morgan fingerprint density at radius 1 is 1.05 bits per heavy atom. The van der Waals surface area contributed by atoms with E-state index in [1.807, 2.05) is 6.92 Å². The average molecular weight is 604 g/mol. The zero-order chi connectivity index (χ0) is 29.9. The fraction of sp³-hybridized carbons (Fsp3) is 0.438. The lowest BCUT2D eigenvalue weighted by molar-refractivity contribution is -0.152. The molecule has 0 aliphatic heterocycles. The SMILES string of the molecule is COC(=O)C1C2CCC(CC2)C1Nc1nc(-c2cn(S(=O)(=O)c3ccc(C)cc3)c3ncc(F)cc23)nc2c1CCCC2. The van der Waals surface area contributed by atoms with Crippen molar-refractivity contribution in [2.24, 2.45) is 17.8 Å². The molecule has 3 saturated carbocycles. The van der Waals surface area contributed by atoms with Gasteiger partial charge in [-0.15, -0.1) is 0 Å². The molecule has 4 aromatic rings. The van der Waals surface area contributed by atoms with Crippen LogP contribution in [-0.4, -0.2) is 46.5 Å². The maximum Gasteiger partial charge on any atom is 0.311 e. The first kappa shape index (κ1) is 27.9. The molecule has 2 unspecified atom stereocenters. The first-order valence-electron chi connectivity index (χ1n) is 15.0. The molecule has 1 N–H and O–H groups in total. The molecule has 8 rings (SSSR count). The lowest BCUT2D eigenvalue weighted by Crippen LogP contribution is -2.52. The van der Waals surface area contributed by atoms with Crippen molar-refractivity contribution < 1.29 is 22.3 Å². The molecule has 2 atom stereocenters. The summed E-state index contributed by atoms with van der Waals surface area (Å²) in [6, 6.07) is 7.73. The van der Waals surface area contributed by atoms with E-state index in [1.165, 1.54) is 19.4 Å². The number of halogens is 1. The van der Waals surface area contributed by atoms with Crippen LogP contribution >= 0.6 is 0 Å². The summed E-state index contributed by atoms with van der Waals surface area (Å²) in [6.07, 6.45) is 10.1. The second-order valence-electron chi connectivity index (χ2n) is 12.1. The molecule has 3 fully saturated rings. The molecular weight excluding hydrogens is 569 g/mol. The molecule has 1 aromatic carbocycles. The van der Waals surface area contributed by atoms with Crippen LogP contribution in [0.4, 0.5) is 10.2 Å². The van der Waals surface area contributed by atoms with E-state index in [2.05, 4.69) is 10.3 Å². The fourth-order valence-corrected chi connectivity index (χ4v) is 8.69. The van der Waals surface area contributed by atoms with Crippen molar-refractivity contribution in [2.75, 3.05) is 12.4 Å². The largest absolute Gasteiger partial charge is 0.469 e. The second kappa shape index (κ2) is 10.7. The molecule has 2 bridgehead atoms. The summed E-state index contributed by atoms with van der Waals surface area (Å²) in [5, 5.41) is 3.98. The number of hydrogen-bond donors (Lipinski definition) is 1. The normalized spacial score (nSPS) is 23.2. The quantitative estimate of drug-likeness (QED) is 0.290. The predicted molar refractivity (Wildman–Crippen MR) is 159 cm³/mol. The number of fused-ring (bicyclic) bond motifs is 5. The molecule has 0 saturated heterocycles. The summed E-state index contributed by atoms with van der Waals surface area (Å²) in [7, 11) is -2.60. The van der Waals surface area contributed by atoms with Crippen LogP contribution in [0.25, 0.3) is 22.4 Å². The Morgan fingerprint density at radius 2 is 1.77 bits per heavy atom. The number of hydrogen-bond acceptors (Lipinski definition) is 8. The van der Waals surface area contributed by atoms with Gasteiger partial charge in [0.15, 0.2) is 11.5 Å². The van der Waals surface area contributed by atoms with Gasteiger partial charge in [0.25, 0.3) is 10.0 Å². The molecule has 4 aliphatic carbocycles. The van der Waals surface area contributed by atoms with Crippen molar-refractivity contribution in [3.05, 3.63) is 65.4 Å². The highest BCUT2D eigenvalue weighted by Crippen LogP contribution is 2.47. The molecule has 3 aromatic heterocycles. The summed E-state index contributed by atoms with van der Waals surface area (Å²) < 4.78 is 48.5. The van der Waals surface area contributed by atoms with E-state index >= 15 is 0 Å². The minimum atomic E-state index is -4.05. The van der Waals surface area contributed by atoms with Gasteiger partial charge in [0, 0.05) is 34.4 Å². The van der Waals surface area contributed by atoms with Crippen molar-refractivity contribution in [2.45, 2.75) is 69.2 Å². The smallest absolute Gasteiger partial charge is 0.311 e. The monoisotopic (exact) mass is 603 g/mol. The summed E-state index contributed by atoms with van der Waals surface area (Å²) in [5.41, 5.74) is 3.33. The third-order valence-electron chi connectivity index (χ3n) is 9.58. The van der Waals surface area contributed by atoms with E-state index in [4.69, 9.17) is 14.7 Å². The Kier molecular flexibility index (Phi) is 6.95. The standard InChI is InChI=1S/C32H34FN5O4S/c1-18-7-13-22(14-8-18)43(40,41)38-17-25(24-15-21(33)16-34-31(24)38)30-35-26-6-4-3-5-23(26)29(37-30)36-28-20-11-9-19(10-12-20)27(28)32(39)42-2/h7-8,13-17,19-20,27-28H,3-6,9-12H2,1-2H3,(H,35,36,37). The summed E-state index contributed by atoms with van der Waals surface area (Å²) in [4.78, 5) is 27.1. The topological polar surface area (TPSA) is 116 Å². The van der Waals surface area contributed by atoms with Gasteiger partial charge in [0.05, 0.1) is 24.1 Å². The molecular formula is C32H34FN5O4S. The van der Waals surface area contributed by atoms with Crippen LogP contribution in [0.1, 0.15) is 55.3 Å². The van der Waals surface area contributed by atoms with Crippen LogP contribution in [0.3, 0.4) is 0 Å². The van der Waals surface area contributed by atoms with E-state index in [0.717, 1.165) is 78.4 Å². The van der Waals surface area contributed by atoms with Crippen molar-refractivity contribution >= 4 is 32.8 Å². The zero-order valence-electron chi connectivity index (χ0n) is 24.2. The Balaban J connectivity index is 1.37. The summed E-state index contributed by atoms with van der Waals surface area (Å²) in [6.45, 7) is 1.88. The van der Waals surface area contributed by atoms with Gasteiger partial charge in [-0.05, 0) is 88.3 Å². The minimum Gasteiger partial charge on any atom is -0.469 e. The summed E-state index contributed by atoms with van der Waals surface area (Å²) >= 11 is 0. The van der Waals surface area contributed by atoms with Crippen molar-refractivity contribution in [3.8, 4) is 11.4 Å². The molecule has 0 radical (unpaired) electrons. The molecule has 0 spiro atoms.